The summed E-state index contributed by atoms with van der Waals surface area (Å²) >= 11 is 1.73. The van der Waals surface area contributed by atoms with Gasteiger partial charge in [-0.25, -0.2) is 0 Å². The minimum Gasteiger partial charge on any atom is -0.305 e. The van der Waals surface area contributed by atoms with E-state index in [4.69, 9.17) is 0 Å². The van der Waals surface area contributed by atoms with Gasteiger partial charge in [-0.1, -0.05) is 11.9 Å². The number of piperidine rings is 1. The lowest BCUT2D eigenvalue weighted by Crippen LogP contribution is -2.41. The maximum Gasteiger partial charge on any atom is 0.0299 e. The zero-order valence-electron chi connectivity index (χ0n) is 6.76. The van der Waals surface area contributed by atoms with Gasteiger partial charge in [-0.3, -0.25) is 4.72 Å². The Kier molecular flexibility index (Phi) is 3.52. The van der Waals surface area contributed by atoms with Crippen molar-refractivity contribution in [1.82, 2.24) is 9.62 Å². The Morgan fingerprint density at radius 1 is 1.60 bits per heavy atom. The summed E-state index contributed by atoms with van der Waals surface area (Å²) in [6, 6.07) is 0.716. The van der Waals surface area contributed by atoms with Crippen molar-refractivity contribution in [3.63, 3.8) is 0 Å². The Bertz CT molecular complexity index is 95.6. The van der Waals surface area contributed by atoms with E-state index in [1.54, 1.807) is 11.9 Å². The van der Waals surface area contributed by atoms with Crippen LogP contribution in [-0.4, -0.2) is 37.3 Å². The number of rotatable bonds is 2. The summed E-state index contributed by atoms with van der Waals surface area (Å²) in [5.74, 6) is 0. The van der Waals surface area contributed by atoms with Crippen LogP contribution in [0.2, 0.25) is 0 Å². The van der Waals surface area contributed by atoms with E-state index >= 15 is 0 Å². The fraction of sp³-hybridized carbons (Fsp3) is 1.00. The van der Waals surface area contributed by atoms with Gasteiger partial charge < -0.3 is 4.90 Å². The molecule has 10 heavy (non-hydrogen) atoms. The van der Waals surface area contributed by atoms with Gasteiger partial charge in [0.15, 0.2) is 0 Å². The normalized spacial score (nSPS) is 28.8. The molecular formula is C7H16N2S. The predicted octanol–water partition coefficient (Wildman–Crippen LogP) is 0.948. The van der Waals surface area contributed by atoms with Gasteiger partial charge in [0.25, 0.3) is 0 Å². The summed E-state index contributed by atoms with van der Waals surface area (Å²) in [6.07, 6.45) is 4.77. The molecule has 0 aromatic heterocycles. The number of likely N-dealkylation sites (tertiary alicyclic amines) is 1. The maximum atomic E-state index is 3.39. The minimum absolute atomic E-state index is 0.716. The first kappa shape index (κ1) is 8.37. The molecule has 1 aliphatic heterocycles. The molecule has 1 fully saturated rings. The number of hydrogen-bond donors (Lipinski definition) is 1. The lowest BCUT2D eigenvalue weighted by Gasteiger charge is -2.29. The molecule has 0 aromatic rings. The van der Waals surface area contributed by atoms with Crippen molar-refractivity contribution in [3.05, 3.63) is 0 Å². The van der Waals surface area contributed by atoms with Crippen molar-refractivity contribution in [1.29, 1.82) is 0 Å². The van der Waals surface area contributed by atoms with Crippen LogP contribution in [0.5, 0.6) is 0 Å². The summed E-state index contributed by atoms with van der Waals surface area (Å²) < 4.78 is 3.39. The van der Waals surface area contributed by atoms with Crippen molar-refractivity contribution in [2.75, 3.05) is 26.4 Å². The molecule has 0 radical (unpaired) electrons. The fourth-order valence-corrected chi connectivity index (χ4v) is 1.95. The molecule has 1 saturated heterocycles. The van der Waals surface area contributed by atoms with E-state index in [9.17, 15) is 0 Å². The molecule has 3 heteroatoms. The van der Waals surface area contributed by atoms with Crippen LogP contribution in [0.15, 0.2) is 0 Å². The van der Waals surface area contributed by atoms with Gasteiger partial charge in [-0.15, -0.1) is 0 Å². The molecule has 1 unspecified atom stereocenters. The summed E-state index contributed by atoms with van der Waals surface area (Å²) in [5.41, 5.74) is 0. The Balaban J connectivity index is 2.18. The first-order chi connectivity index (χ1) is 4.83. The average molecular weight is 160 g/mol. The molecule has 0 bridgehead atoms. The molecule has 1 aliphatic rings. The van der Waals surface area contributed by atoms with E-state index < -0.39 is 0 Å². The van der Waals surface area contributed by atoms with E-state index in [2.05, 4.69) is 22.9 Å². The van der Waals surface area contributed by atoms with Gasteiger partial charge in [-0.2, -0.15) is 0 Å². The van der Waals surface area contributed by atoms with Gasteiger partial charge in [0, 0.05) is 12.6 Å². The molecule has 0 aliphatic carbocycles. The molecule has 0 spiro atoms. The topological polar surface area (TPSA) is 15.3 Å². The van der Waals surface area contributed by atoms with Crippen LogP contribution >= 0.6 is 11.9 Å². The Hall–Kier alpha value is 0.270. The number of nitrogens with zero attached hydrogens (tertiary/aromatic N) is 1. The van der Waals surface area contributed by atoms with Crippen molar-refractivity contribution >= 4 is 11.9 Å². The van der Waals surface area contributed by atoms with Crippen LogP contribution < -0.4 is 4.72 Å². The molecule has 0 amide bonds. The Morgan fingerprint density at radius 2 is 2.40 bits per heavy atom. The number of nitrogens with one attached hydrogen (secondary N) is 1. The molecule has 1 N–H and O–H groups in total. The molecule has 2 nitrogen and oxygen atoms in total. The van der Waals surface area contributed by atoms with Crippen LogP contribution in [0, 0.1) is 0 Å². The van der Waals surface area contributed by atoms with Gasteiger partial charge in [0.1, 0.15) is 0 Å². The van der Waals surface area contributed by atoms with Gasteiger partial charge in [0.05, 0.1) is 0 Å². The monoisotopic (exact) mass is 160 g/mol. The molecule has 1 heterocycles. The fourth-order valence-electron chi connectivity index (χ4n) is 1.43. The van der Waals surface area contributed by atoms with E-state index in [0.717, 1.165) is 0 Å². The molecular weight excluding hydrogens is 144 g/mol. The smallest absolute Gasteiger partial charge is 0.0299 e. The van der Waals surface area contributed by atoms with Crippen molar-refractivity contribution in [2.45, 2.75) is 18.9 Å². The summed E-state index contributed by atoms with van der Waals surface area (Å²) in [5, 5.41) is 0. The summed E-state index contributed by atoms with van der Waals surface area (Å²) in [4.78, 5) is 2.39. The molecule has 0 aromatic carbocycles. The Morgan fingerprint density at radius 3 is 3.00 bits per heavy atom. The van der Waals surface area contributed by atoms with E-state index in [-0.39, 0.29) is 0 Å². The van der Waals surface area contributed by atoms with Gasteiger partial charge >= 0.3 is 0 Å². The van der Waals surface area contributed by atoms with E-state index in [0.29, 0.717) is 6.04 Å². The quantitative estimate of drug-likeness (QED) is 0.605. The minimum atomic E-state index is 0.716. The zero-order valence-corrected chi connectivity index (χ0v) is 7.58. The van der Waals surface area contributed by atoms with Gasteiger partial charge in [0.2, 0.25) is 0 Å². The summed E-state index contributed by atoms with van der Waals surface area (Å²) in [7, 11) is 2.19. The number of likely N-dealkylation sites (N-methyl/N-ethyl adjacent to an activating group) is 1. The predicted molar refractivity (Wildman–Crippen MR) is 47.2 cm³/mol. The van der Waals surface area contributed by atoms with Crippen LogP contribution in [-0.2, 0) is 0 Å². The third-order valence-electron chi connectivity index (χ3n) is 1.91. The first-order valence-corrected chi connectivity index (χ1v) is 5.02. The highest BCUT2D eigenvalue weighted by Gasteiger charge is 2.15. The third kappa shape index (κ3) is 2.48. The second-order valence-electron chi connectivity index (χ2n) is 2.92. The molecule has 60 valence electrons. The highest BCUT2D eigenvalue weighted by molar-refractivity contribution is 7.96. The molecule has 1 rings (SSSR count). The molecule has 0 saturated carbocycles. The highest BCUT2D eigenvalue weighted by Crippen LogP contribution is 2.09. The lowest BCUT2D eigenvalue weighted by atomic mass is 10.1. The van der Waals surface area contributed by atoms with E-state index in [1.165, 1.54) is 25.9 Å². The summed E-state index contributed by atoms with van der Waals surface area (Å²) in [6.45, 7) is 2.48. The van der Waals surface area contributed by atoms with Crippen molar-refractivity contribution in [2.24, 2.45) is 0 Å². The third-order valence-corrected chi connectivity index (χ3v) is 2.48. The van der Waals surface area contributed by atoms with E-state index in [1.807, 2.05) is 0 Å². The van der Waals surface area contributed by atoms with Crippen LogP contribution in [0.3, 0.4) is 0 Å². The van der Waals surface area contributed by atoms with Crippen LogP contribution in [0.4, 0.5) is 0 Å². The van der Waals surface area contributed by atoms with Gasteiger partial charge in [-0.05, 0) is 32.7 Å². The van der Waals surface area contributed by atoms with Crippen LogP contribution in [0.25, 0.3) is 0 Å². The first-order valence-electron chi connectivity index (χ1n) is 3.80. The largest absolute Gasteiger partial charge is 0.305 e. The second-order valence-corrected chi connectivity index (χ2v) is 3.57. The second kappa shape index (κ2) is 4.21. The van der Waals surface area contributed by atoms with Crippen LogP contribution in [0.1, 0.15) is 12.8 Å². The van der Waals surface area contributed by atoms with Crippen molar-refractivity contribution in [3.8, 4) is 0 Å². The number of hydrogen-bond acceptors (Lipinski definition) is 3. The lowest BCUT2D eigenvalue weighted by molar-refractivity contribution is 0.245. The maximum absolute atomic E-state index is 3.39. The van der Waals surface area contributed by atoms with Crippen molar-refractivity contribution < 1.29 is 0 Å². The zero-order chi connectivity index (χ0) is 7.40. The standard InChI is InChI=1S/C7H16N2S/c1-9-5-3-4-7(6-9)8-10-2/h7-8H,3-6H2,1-2H3. The SMILES string of the molecule is CSNC1CCCN(C)C1. The molecule has 1 atom stereocenters. The Labute approximate surface area is 67.5 Å². The average Bonchev–Trinajstić information content (AvgIpc) is 1.88. The highest BCUT2D eigenvalue weighted by atomic mass is 32.2.